The molecule has 1 heterocycles. The molecule has 1 amide bonds. The maximum Gasteiger partial charge on any atom is 0.326 e. The van der Waals surface area contributed by atoms with Crippen molar-refractivity contribution in [2.45, 2.75) is 26.8 Å². The highest BCUT2D eigenvalue weighted by Gasteiger charge is 2.33. The fraction of sp³-hybridized carbons (Fsp3) is 0.417. The zero-order valence-electron chi connectivity index (χ0n) is 10.7. The summed E-state index contributed by atoms with van der Waals surface area (Å²) in [5, 5.41) is 11.2. The first-order valence-electron chi connectivity index (χ1n) is 5.47. The number of halogens is 2. The molecule has 0 saturated heterocycles. The summed E-state index contributed by atoms with van der Waals surface area (Å²) in [5.74, 6) is -2.68. The van der Waals surface area contributed by atoms with E-state index in [0.29, 0.717) is 0 Å². The van der Waals surface area contributed by atoms with Crippen LogP contribution >= 0.6 is 11.6 Å². The van der Waals surface area contributed by atoms with Crippen LogP contribution in [0.2, 0.25) is 5.15 Å². The topological polar surface area (TPSA) is 79.3 Å². The number of pyridine rings is 1. The third kappa shape index (κ3) is 3.89. The van der Waals surface area contributed by atoms with Gasteiger partial charge < -0.3 is 10.4 Å². The van der Waals surface area contributed by atoms with Crippen molar-refractivity contribution in [3.8, 4) is 0 Å². The fourth-order valence-electron chi connectivity index (χ4n) is 1.44. The van der Waals surface area contributed by atoms with E-state index in [4.69, 9.17) is 16.7 Å². The molecule has 104 valence electrons. The molecule has 1 atom stereocenters. The van der Waals surface area contributed by atoms with Crippen LogP contribution in [0.5, 0.6) is 0 Å². The van der Waals surface area contributed by atoms with Crippen molar-refractivity contribution < 1.29 is 19.1 Å². The van der Waals surface area contributed by atoms with Gasteiger partial charge in [-0.05, 0) is 11.5 Å². The molecular weight excluding hydrogens is 275 g/mol. The number of aliphatic carboxylic acids is 1. The minimum Gasteiger partial charge on any atom is -0.480 e. The molecule has 19 heavy (non-hydrogen) atoms. The fourth-order valence-corrected chi connectivity index (χ4v) is 1.63. The standard InChI is InChI=1S/C12H14ClFN2O3/c1-12(2,3)8(11(18)19)16-10(17)7-4-6(14)5-15-9(7)13/h4-5,8H,1-3H3,(H,16,17)(H,18,19)/t8-/m0/s1. The number of carboxylic acids is 1. The minimum absolute atomic E-state index is 0.183. The molecule has 0 fully saturated rings. The molecule has 1 rings (SSSR count). The van der Waals surface area contributed by atoms with Crippen molar-refractivity contribution in [3.05, 3.63) is 28.8 Å². The van der Waals surface area contributed by atoms with Crippen molar-refractivity contribution in [1.29, 1.82) is 0 Å². The molecule has 2 N–H and O–H groups in total. The second-order valence-electron chi connectivity index (χ2n) is 5.10. The molecule has 0 aliphatic rings. The maximum atomic E-state index is 13.0. The van der Waals surface area contributed by atoms with E-state index >= 15 is 0 Å². The molecule has 0 spiro atoms. The summed E-state index contributed by atoms with van der Waals surface area (Å²) in [7, 11) is 0. The highest BCUT2D eigenvalue weighted by atomic mass is 35.5. The third-order valence-electron chi connectivity index (χ3n) is 2.44. The number of carbonyl (C=O) groups excluding carboxylic acids is 1. The number of nitrogens with one attached hydrogen (secondary N) is 1. The lowest BCUT2D eigenvalue weighted by Gasteiger charge is -2.27. The van der Waals surface area contributed by atoms with Crippen LogP contribution in [0.3, 0.4) is 0 Å². The van der Waals surface area contributed by atoms with Gasteiger partial charge in [0.25, 0.3) is 5.91 Å². The first-order valence-corrected chi connectivity index (χ1v) is 5.85. The Kier molecular flexibility index (Phi) is 4.47. The van der Waals surface area contributed by atoms with E-state index in [1.165, 1.54) is 0 Å². The summed E-state index contributed by atoms with van der Waals surface area (Å²) in [6, 6.07) is -0.217. The van der Waals surface area contributed by atoms with E-state index in [-0.39, 0.29) is 10.7 Å². The summed E-state index contributed by atoms with van der Waals surface area (Å²) >= 11 is 5.68. The molecule has 0 bridgehead atoms. The summed E-state index contributed by atoms with van der Waals surface area (Å²) < 4.78 is 13.0. The summed E-state index contributed by atoms with van der Waals surface area (Å²) in [6.45, 7) is 4.99. The Bertz CT molecular complexity index is 514. The predicted molar refractivity (Wildman–Crippen MR) is 67.6 cm³/mol. The Morgan fingerprint density at radius 2 is 2.05 bits per heavy atom. The molecule has 0 saturated carbocycles. The van der Waals surface area contributed by atoms with Gasteiger partial charge in [0.2, 0.25) is 0 Å². The molecule has 1 aromatic heterocycles. The van der Waals surface area contributed by atoms with Gasteiger partial charge in [-0.1, -0.05) is 32.4 Å². The van der Waals surface area contributed by atoms with Gasteiger partial charge in [0.1, 0.15) is 17.0 Å². The molecule has 0 unspecified atom stereocenters. The van der Waals surface area contributed by atoms with Crippen LogP contribution in [0.4, 0.5) is 4.39 Å². The van der Waals surface area contributed by atoms with E-state index in [1.54, 1.807) is 20.8 Å². The van der Waals surface area contributed by atoms with E-state index < -0.39 is 29.2 Å². The predicted octanol–water partition coefficient (Wildman–Crippen LogP) is 2.10. The highest BCUT2D eigenvalue weighted by Crippen LogP contribution is 2.21. The molecule has 7 heteroatoms. The van der Waals surface area contributed by atoms with Gasteiger partial charge in [-0.2, -0.15) is 0 Å². The van der Waals surface area contributed by atoms with E-state index in [0.717, 1.165) is 12.3 Å². The average Bonchev–Trinajstić information content (AvgIpc) is 2.26. The number of rotatable bonds is 3. The molecule has 1 aromatic rings. The van der Waals surface area contributed by atoms with E-state index in [2.05, 4.69) is 10.3 Å². The number of nitrogens with zero attached hydrogens (tertiary/aromatic N) is 1. The highest BCUT2D eigenvalue weighted by molar-refractivity contribution is 6.32. The Morgan fingerprint density at radius 1 is 1.47 bits per heavy atom. The Morgan fingerprint density at radius 3 is 2.53 bits per heavy atom. The van der Waals surface area contributed by atoms with Gasteiger partial charge in [-0.3, -0.25) is 4.79 Å². The van der Waals surface area contributed by atoms with Crippen LogP contribution in [0.15, 0.2) is 12.3 Å². The van der Waals surface area contributed by atoms with Gasteiger partial charge in [0, 0.05) is 0 Å². The van der Waals surface area contributed by atoms with E-state index in [1.807, 2.05) is 0 Å². The normalized spacial score (nSPS) is 12.9. The summed E-state index contributed by atoms with van der Waals surface area (Å²) in [5.41, 5.74) is -0.897. The van der Waals surface area contributed by atoms with Crippen molar-refractivity contribution in [2.75, 3.05) is 0 Å². The lowest BCUT2D eigenvalue weighted by Crippen LogP contribution is -2.49. The first kappa shape index (κ1) is 15.4. The Balaban J connectivity index is 3.01. The number of amides is 1. The number of carbonyl (C=O) groups is 2. The number of carboxylic acid groups (broad SMARTS) is 1. The van der Waals surface area contributed by atoms with Gasteiger partial charge in [-0.15, -0.1) is 0 Å². The first-order chi connectivity index (χ1) is 8.62. The monoisotopic (exact) mass is 288 g/mol. The smallest absolute Gasteiger partial charge is 0.326 e. The van der Waals surface area contributed by atoms with E-state index in [9.17, 15) is 14.0 Å². The molecular formula is C12H14ClFN2O3. The second kappa shape index (κ2) is 5.52. The molecule has 0 radical (unpaired) electrons. The largest absolute Gasteiger partial charge is 0.480 e. The number of hydrogen-bond acceptors (Lipinski definition) is 3. The zero-order chi connectivity index (χ0) is 14.8. The molecule has 0 aliphatic carbocycles. The van der Waals surface area contributed by atoms with Crippen LogP contribution in [0, 0.1) is 11.2 Å². The molecule has 0 aromatic carbocycles. The SMILES string of the molecule is CC(C)(C)[C@@H](NC(=O)c1cc(F)cnc1Cl)C(=O)O. The van der Waals surface area contributed by atoms with Crippen LogP contribution in [-0.4, -0.2) is 28.0 Å². The minimum atomic E-state index is -1.18. The Labute approximate surface area is 114 Å². The van der Waals surface area contributed by atoms with Crippen molar-refractivity contribution in [2.24, 2.45) is 5.41 Å². The number of aromatic nitrogens is 1. The van der Waals surface area contributed by atoms with Gasteiger partial charge in [-0.25, -0.2) is 14.2 Å². The quantitative estimate of drug-likeness (QED) is 0.835. The van der Waals surface area contributed by atoms with Gasteiger partial charge >= 0.3 is 5.97 Å². The maximum absolute atomic E-state index is 13.0. The van der Waals surface area contributed by atoms with Crippen molar-refractivity contribution in [3.63, 3.8) is 0 Å². The van der Waals surface area contributed by atoms with Crippen LogP contribution in [-0.2, 0) is 4.79 Å². The zero-order valence-corrected chi connectivity index (χ0v) is 11.5. The second-order valence-corrected chi connectivity index (χ2v) is 5.46. The van der Waals surface area contributed by atoms with Gasteiger partial charge in [0.05, 0.1) is 11.8 Å². The lowest BCUT2D eigenvalue weighted by molar-refractivity contribution is -0.142. The average molecular weight is 289 g/mol. The van der Waals surface area contributed by atoms with Crippen LogP contribution < -0.4 is 5.32 Å². The van der Waals surface area contributed by atoms with Crippen molar-refractivity contribution >= 4 is 23.5 Å². The molecule has 5 nitrogen and oxygen atoms in total. The number of hydrogen-bond donors (Lipinski definition) is 2. The third-order valence-corrected chi connectivity index (χ3v) is 2.74. The van der Waals surface area contributed by atoms with Crippen molar-refractivity contribution in [1.82, 2.24) is 10.3 Å². The van der Waals surface area contributed by atoms with Gasteiger partial charge in [0.15, 0.2) is 0 Å². The van der Waals surface area contributed by atoms with Crippen LogP contribution in [0.25, 0.3) is 0 Å². The van der Waals surface area contributed by atoms with Crippen LogP contribution in [0.1, 0.15) is 31.1 Å². The Hall–Kier alpha value is -1.69. The summed E-state index contributed by atoms with van der Waals surface area (Å²) in [4.78, 5) is 26.5. The lowest BCUT2D eigenvalue weighted by atomic mass is 9.86. The molecule has 0 aliphatic heterocycles. The summed E-state index contributed by atoms with van der Waals surface area (Å²) in [6.07, 6.45) is 0.873.